The van der Waals surface area contributed by atoms with E-state index in [4.69, 9.17) is 5.11 Å². The van der Waals surface area contributed by atoms with Crippen molar-refractivity contribution < 1.29 is 9.90 Å². The van der Waals surface area contributed by atoms with Crippen LogP contribution >= 0.6 is 0 Å². The second kappa shape index (κ2) is 9.93. The Bertz CT molecular complexity index is 510. The SMILES string of the molecule is C=CCN(CCO)C(=O)NCc1ccc(N2CCCCCC2)nc1. The van der Waals surface area contributed by atoms with Gasteiger partial charge in [-0.2, -0.15) is 0 Å². The molecule has 132 valence electrons. The smallest absolute Gasteiger partial charge is 0.318 e. The van der Waals surface area contributed by atoms with Crippen LogP contribution in [0.2, 0.25) is 0 Å². The van der Waals surface area contributed by atoms with Gasteiger partial charge in [-0.1, -0.05) is 25.0 Å². The molecule has 1 saturated heterocycles. The molecule has 2 heterocycles. The Morgan fingerprint density at radius 1 is 1.33 bits per heavy atom. The van der Waals surface area contributed by atoms with E-state index in [0.29, 0.717) is 19.6 Å². The summed E-state index contributed by atoms with van der Waals surface area (Å²) in [7, 11) is 0. The number of rotatable bonds is 7. The molecule has 1 aliphatic rings. The first kappa shape index (κ1) is 18.3. The number of aliphatic hydroxyl groups is 1. The number of hydrogen-bond acceptors (Lipinski definition) is 4. The van der Waals surface area contributed by atoms with Crippen molar-refractivity contribution in [3.63, 3.8) is 0 Å². The molecule has 0 aromatic carbocycles. The fraction of sp³-hybridized carbons (Fsp3) is 0.556. The summed E-state index contributed by atoms with van der Waals surface area (Å²) in [4.78, 5) is 20.5. The van der Waals surface area contributed by atoms with Gasteiger partial charge in [-0.3, -0.25) is 0 Å². The highest BCUT2D eigenvalue weighted by Crippen LogP contribution is 2.17. The molecule has 0 radical (unpaired) electrons. The summed E-state index contributed by atoms with van der Waals surface area (Å²) in [6.45, 7) is 6.84. The molecule has 2 amide bonds. The zero-order valence-corrected chi connectivity index (χ0v) is 14.3. The van der Waals surface area contributed by atoms with Gasteiger partial charge in [0.15, 0.2) is 0 Å². The molecule has 24 heavy (non-hydrogen) atoms. The van der Waals surface area contributed by atoms with E-state index >= 15 is 0 Å². The van der Waals surface area contributed by atoms with Gasteiger partial charge in [-0.05, 0) is 24.5 Å². The van der Waals surface area contributed by atoms with E-state index in [1.165, 1.54) is 30.6 Å². The Balaban J connectivity index is 1.86. The van der Waals surface area contributed by atoms with E-state index in [0.717, 1.165) is 24.5 Å². The average Bonchev–Trinajstić information content (AvgIpc) is 2.89. The summed E-state index contributed by atoms with van der Waals surface area (Å²) in [5, 5.41) is 11.9. The third-order valence-electron chi connectivity index (χ3n) is 4.19. The summed E-state index contributed by atoms with van der Waals surface area (Å²) < 4.78 is 0. The van der Waals surface area contributed by atoms with E-state index in [1.807, 2.05) is 18.3 Å². The van der Waals surface area contributed by atoms with Gasteiger partial charge in [0, 0.05) is 38.9 Å². The number of urea groups is 1. The number of aliphatic hydroxyl groups excluding tert-OH is 1. The molecule has 2 rings (SSSR count). The van der Waals surface area contributed by atoms with E-state index in [1.54, 1.807) is 6.08 Å². The number of carbonyl (C=O) groups excluding carboxylic acids is 1. The molecule has 6 heteroatoms. The number of anilines is 1. The number of pyridine rings is 1. The Labute approximate surface area is 144 Å². The predicted molar refractivity (Wildman–Crippen MR) is 96.0 cm³/mol. The van der Waals surface area contributed by atoms with Gasteiger partial charge in [-0.25, -0.2) is 9.78 Å². The van der Waals surface area contributed by atoms with E-state index < -0.39 is 0 Å². The van der Waals surface area contributed by atoms with Crippen molar-refractivity contribution in [2.75, 3.05) is 37.7 Å². The highest BCUT2D eigenvalue weighted by atomic mass is 16.3. The second-order valence-electron chi connectivity index (χ2n) is 6.04. The average molecular weight is 332 g/mol. The fourth-order valence-corrected chi connectivity index (χ4v) is 2.85. The van der Waals surface area contributed by atoms with Crippen LogP contribution < -0.4 is 10.2 Å². The van der Waals surface area contributed by atoms with Crippen molar-refractivity contribution in [3.8, 4) is 0 Å². The quantitative estimate of drug-likeness (QED) is 0.751. The summed E-state index contributed by atoms with van der Waals surface area (Å²) in [6, 6.07) is 3.83. The first-order valence-corrected chi connectivity index (χ1v) is 8.69. The molecule has 6 nitrogen and oxygen atoms in total. The van der Waals surface area contributed by atoms with Gasteiger partial charge in [0.2, 0.25) is 0 Å². The minimum Gasteiger partial charge on any atom is -0.395 e. The van der Waals surface area contributed by atoms with Crippen LogP contribution in [0.5, 0.6) is 0 Å². The van der Waals surface area contributed by atoms with Crippen LogP contribution in [-0.4, -0.2) is 53.8 Å². The third kappa shape index (κ3) is 5.53. The lowest BCUT2D eigenvalue weighted by Gasteiger charge is -2.22. The molecule has 2 N–H and O–H groups in total. The largest absolute Gasteiger partial charge is 0.395 e. The molecular weight excluding hydrogens is 304 g/mol. The van der Waals surface area contributed by atoms with Crippen LogP contribution in [0.1, 0.15) is 31.2 Å². The number of amides is 2. The minimum absolute atomic E-state index is 0.0622. The molecule has 1 aliphatic heterocycles. The van der Waals surface area contributed by atoms with Crippen molar-refractivity contribution in [1.82, 2.24) is 15.2 Å². The molecule has 0 spiro atoms. The third-order valence-corrected chi connectivity index (χ3v) is 4.19. The van der Waals surface area contributed by atoms with E-state index in [-0.39, 0.29) is 12.6 Å². The first-order valence-electron chi connectivity index (χ1n) is 8.69. The molecule has 1 aromatic heterocycles. The topological polar surface area (TPSA) is 68.7 Å². The highest BCUT2D eigenvalue weighted by molar-refractivity contribution is 5.74. The van der Waals surface area contributed by atoms with Crippen molar-refractivity contribution >= 4 is 11.8 Å². The van der Waals surface area contributed by atoms with Crippen molar-refractivity contribution in [2.24, 2.45) is 0 Å². The maximum Gasteiger partial charge on any atom is 0.318 e. The normalized spacial score (nSPS) is 14.8. The molecule has 0 atom stereocenters. The van der Waals surface area contributed by atoms with Gasteiger partial charge in [0.05, 0.1) is 6.61 Å². The van der Waals surface area contributed by atoms with Crippen LogP contribution in [0.25, 0.3) is 0 Å². The Morgan fingerprint density at radius 2 is 2.08 bits per heavy atom. The van der Waals surface area contributed by atoms with Crippen molar-refractivity contribution in [2.45, 2.75) is 32.2 Å². The number of nitrogens with one attached hydrogen (secondary N) is 1. The Hall–Kier alpha value is -2.08. The molecule has 0 saturated carbocycles. The van der Waals surface area contributed by atoms with Crippen LogP contribution in [0.15, 0.2) is 31.0 Å². The molecule has 1 fully saturated rings. The highest BCUT2D eigenvalue weighted by Gasteiger charge is 2.12. The molecular formula is C18H28N4O2. The molecule has 0 bridgehead atoms. The molecule has 1 aromatic rings. The maximum absolute atomic E-state index is 12.1. The van der Waals surface area contributed by atoms with E-state index in [2.05, 4.69) is 21.8 Å². The maximum atomic E-state index is 12.1. The van der Waals surface area contributed by atoms with Crippen LogP contribution in [0.3, 0.4) is 0 Å². The lowest BCUT2D eigenvalue weighted by atomic mass is 10.2. The van der Waals surface area contributed by atoms with Gasteiger partial charge < -0.3 is 20.2 Å². The second-order valence-corrected chi connectivity index (χ2v) is 6.04. The van der Waals surface area contributed by atoms with Crippen LogP contribution in [0, 0.1) is 0 Å². The zero-order valence-electron chi connectivity index (χ0n) is 14.3. The monoisotopic (exact) mass is 332 g/mol. The summed E-state index contributed by atoms with van der Waals surface area (Å²) in [5.74, 6) is 1.01. The van der Waals surface area contributed by atoms with Crippen LogP contribution in [-0.2, 0) is 6.54 Å². The number of hydrogen-bond donors (Lipinski definition) is 2. The lowest BCUT2D eigenvalue weighted by molar-refractivity contribution is 0.183. The molecule has 0 aliphatic carbocycles. The minimum atomic E-state index is -0.208. The number of carbonyl (C=O) groups is 1. The predicted octanol–water partition coefficient (Wildman–Crippen LogP) is 2.15. The van der Waals surface area contributed by atoms with Gasteiger partial charge >= 0.3 is 6.03 Å². The number of nitrogens with zero attached hydrogens (tertiary/aromatic N) is 3. The van der Waals surface area contributed by atoms with Crippen LogP contribution in [0.4, 0.5) is 10.6 Å². The van der Waals surface area contributed by atoms with Crippen molar-refractivity contribution in [1.29, 1.82) is 0 Å². The summed E-state index contributed by atoms with van der Waals surface area (Å²) in [5.41, 5.74) is 0.962. The lowest BCUT2D eigenvalue weighted by Crippen LogP contribution is -2.41. The van der Waals surface area contributed by atoms with Gasteiger partial charge in [0.1, 0.15) is 5.82 Å². The number of aromatic nitrogens is 1. The zero-order chi connectivity index (χ0) is 17.2. The first-order chi connectivity index (χ1) is 11.7. The Morgan fingerprint density at radius 3 is 2.67 bits per heavy atom. The Kier molecular flexibility index (Phi) is 7.55. The summed E-state index contributed by atoms with van der Waals surface area (Å²) >= 11 is 0. The fourth-order valence-electron chi connectivity index (χ4n) is 2.85. The molecule has 0 unspecified atom stereocenters. The van der Waals surface area contributed by atoms with Gasteiger partial charge in [0.25, 0.3) is 0 Å². The summed E-state index contributed by atoms with van der Waals surface area (Å²) in [6.07, 6.45) is 8.52. The van der Waals surface area contributed by atoms with Crippen molar-refractivity contribution in [3.05, 3.63) is 36.5 Å². The standard InChI is InChI=1S/C18H28N4O2/c1-2-9-22(12-13-23)18(24)20-15-16-7-8-17(19-14-16)21-10-5-3-4-6-11-21/h2,7-8,14,23H,1,3-6,9-13,15H2,(H,20,24). The van der Waals surface area contributed by atoms with Gasteiger partial charge in [-0.15, -0.1) is 6.58 Å². The van der Waals surface area contributed by atoms with E-state index in [9.17, 15) is 4.79 Å².